The van der Waals surface area contributed by atoms with Gasteiger partial charge in [-0.15, -0.1) is 0 Å². The van der Waals surface area contributed by atoms with Crippen LogP contribution in [0.15, 0.2) is 6.33 Å². The standard InChI is InChI=1S/C14H28N4O2/c1-13(2)11-18-14(16-12-17-18)10-15-6-4-5-7-20-9-8-19-3/h12-13,15H,4-11H2,1-3H3. The van der Waals surface area contributed by atoms with Crippen LogP contribution < -0.4 is 5.32 Å². The van der Waals surface area contributed by atoms with Gasteiger partial charge in [0.15, 0.2) is 0 Å². The van der Waals surface area contributed by atoms with Crippen molar-refractivity contribution in [3.63, 3.8) is 0 Å². The maximum atomic E-state index is 5.41. The van der Waals surface area contributed by atoms with E-state index in [4.69, 9.17) is 9.47 Å². The summed E-state index contributed by atoms with van der Waals surface area (Å²) in [5, 5.41) is 7.65. The van der Waals surface area contributed by atoms with Crippen molar-refractivity contribution in [3.05, 3.63) is 12.2 Å². The predicted octanol–water partition coefficient (Wildman–Crippen LogP) is 1.47. The van der Waals surface area contributed by atoms with E-state index in [1.54, 1.807) is 13.4 Å². The summed E-state index contributed by atoms with van der Waals surface area (Å²) in [5.41, 5.74) is 0. The number of methoxy groups -OCH3 is 1. The van der Waals surface area contributed by atoms with Gasteiger partial charge < -0.3 is 14.8 Å². The molecule has 116 valence electrons. The Balaban J connectivity index is 2.02. The topological polar surface area (TPSA) is 61.2 Å². The molecule has 6 nitrogen and oxygen atoms in total. The van der Waals surface area contributed by atoms with Crippen molar-refractivity contribution in [2.75, 3.05) is 33.5 Å². The number of unbranched alkanes of at least 4 members (excludes halogenated alkanes) is 1. The molecule has 0 spiro atoms. The zero-order chi connectivity index (χ0) is 14.6. The fourth-order valence-electron chi connectivity index (χ4n) is 1.82. The Kier molecular flexibility index (Phi) is 9.19. The molecular formula is C14H28N4O2. The van der Waals surface area contributed by atoms with Crippen molar-refractivity contribution in [2.24, 2.45) is 5.92 Å². The molecule has 0 aliphatic rings. The molecule has 0 radical (unpaired) electrons. The van der Waals surface area contributed by atoms with Crippen LogP contribution >= 0.6 is 0 Å². The SMILES string of the molecule is COCCOCCCCNCc1ncnn1CC(C)C. The van der Waals surface area contributed by atoms with Crippen LogP contribution in [0.4, 0.5) is 0 Å². The zero-order valence-corrected chi connectivity index (χ0v) is 13.0. The Labute approximate surface area is 121 Å². The molecule has 0 fully saturated rings. The van der Waals surface area contributed by atoms with Gasteiger partial charge in [-0.05, 0) is 25.3 Å². The van der Waals surface area contributed by atoms with Crippen molar-refractivity contribution < 1.29 is 9.47 Å². The van der Waals surface area contributed by atoms with Crippen LogP contribution in [0.25, 0.3) is 0 Å². The normalized spacial score (nSPS) is 11.4. The number of rotatable bonds is 12. The molecule has 0 saturated carbocycles. The molecule has 20 heavy (non-hydrogen) atoms. The Morgan fingerprint density at radius 2 is 2.10 bits per heavy atom. The number of nitrogens with zero attached hydrogens (tertiary/aromatic N) is 3. The minimum atomic E-state index is 0.583. The van der Waals surface area contributed by atoms with E-state index in [1.165, 1.54) is 0 Å². The third-order valence-corrected chi connectivity index (χ3v) is 2.84. The fraction of sp³-hybridized carbons (Fsp3) is 0.857. The van der Waals surface area contributed by atoms with E-state index in [9.17, 15) is 0 Å². The minimum absolute atomic E-state index is 0.583. The maximum Gasteiger partial charge on any atom is 0.140 e. The number of hydrogen-bond acceptors (Lipinski definition) is 5. The largest absolute Gasteiger partial charge is 0.382 e. The van der Waals surface area contributed by atoms with Gasteiger partial charge in [-0.3, -0.25) is 0 Å². The van der Waals surface area contributed by atoms with Crippen molar-refractivity contribution in [2.45, 2.75) is 39.8 Å². The van der Waals surface area contributed by atoms with E-state index >= 15 is 0 Å². The van der Waals surface area contributed by atoms with Crippen LogP contribution in [0, 0.1) is 5.92 Å². The summed E-state index contributed by atoms with van der Waals surface area (Å²) in [6.07, 6.45) is 3.80. The summed E-state index contributed by atoms with van der Waals surface area (Å²) in [4.78, 5) is 4.29. The summed E-state index contributed by atoms with van der Waals surface area (Å²) in [7, 11) is 1.69. The molecule has 1 aromatic heterocycles. The summed E-state index contributed by atoms with van der Waals surface area (Å²) in [6.45, 7) is 9.19. The fourth-order valence-corrected chi connectivity index (χ4v) is 1.82. The minimum Gasteiger partial charge on any atom is -0.382 e. The van der Waals surface area contributed by atoms with Crippen molar-refractivity contribution in [1.82, 2.24) is 20.1 Å². The van der Waals surface area contributed by atoms with Gasteiger partial charge in [-0.25, -0.2) is 9.67 Å². The van der Waals surface area contributed by atoms with Crippen LogP contribution in [-0.2, 0) is 22.6 Å². The second kappa shape index (κ2) is 10.8. The number of aromatic nitrogens is 3. The van der Waals surface area contributed by atoms with Gasteiger partial charge in [0.2, 0.25) is 0 Å². The number of nitrogens with one attached hydrogen (secondary N) is 1. The number of ether oxygens (including phenoxy) is 2. The molecule has 0 aromatic carbocycles. The van der Waals surface area contributed by atoms with Crippen molar-refractivity contribution in [1.29, 1.82) is 0 Å². The van der Waals surface area contributed by atoms with E-state index in [0.717, 1.165) is 44.9 Å². The van der Waals surface area contributed by atoms with Crippen LogP contribution in [-0.4, -0.2) is 48.2 Å². The zero-order valence-electron chi connectivity index (χ0n) is 13.0. The van der Waals surface area contributed by atoms with Crippen LogP contribution in [0.2, 0.25) is 0 Å². The molecule has 0 bridgehead atoms. The third kappa shape index (κ3) is 7.57. The smallest absolute Gasteiger partial charge is 0.140 e. The van der Waals surface area contributed by atoms with Gasteiger partial charge in [0, 0.05) is 20.3 Å². The first-order valence-electron chi connectivity index (χ1n) is 7.38. The average Bonchev–Trinajstić information content (AvgIpc) is 2.83. The Morgan fingerprint density at radius 3 is 2.85 bits per heavy atom. The van der Waals surface area contributed by atoms with Gasteiger partial charge in [0.1, 0.15) is 12.2 Å². The number of hydrogen-bond donors (Lipinski definition) is 1. The Morgan fingerprint density at radius 1 is 1.25 bits per heavy atom. The lowest BCUT2D eigenvalue weighted by molar-refractivity contribution is 0.0688. The molecule has 6 heteroatoms. The average molecular weight is 284 g/mol. The van der Waals surface area contributed by atoms with Gasteiger partial charge >= 0.3 is 0 Å². The van der Waals surface area contributed by atoms with Crippen LogP contribution in [0.5, 0.6) is 0 Å². The maximum absolute atomic E-state index is 5.41. The molecule has 1 rings (SSSR count). The molecule has 0 unspecified atom stereocenters. The molecule has 1 N–H and O–H groups in total. The van der Waals surface area contributed by atoms with Crippen molar-refractivity contribution in [3.8, 4) is 0 Å². The second-order valence-corrected chi connectivity index (χ2v) is 5.24. The van der Waals surface area contributed by atoms with Gasteiger partial charge in [-0.1, -0.05) is 13.8 Å². The molecule has 0 aliphatic heterocycles. The summed E-state index contributed by atoms with van der Waals surface area (Å²) in [6, 6.07) is 0. The summed E-state index contributed by atoms with van der Waals surface area (Å²) in [5.74, 6) is 1.59. The van der Waals surface area contributed by atoms with Crippen LogP contribution in [0.1, 0.15) is 32.5 Å². The van der Waals surface area contributed by atoms with Gasteiger partial charge in [0.05, 0.1) is 19.8 Å². The lowest BCUT2D eigenvalue weighted by atomic mass is 10.2. The molecular weight excluding hydrogens is 256 g/mol. The summed E-state index contributed by atoms with van der Waals surface area (Å²) < 4.78 is 12.3. The highest BCUT2D eigenvalue weighted by atomic mass is 16.5. The van der Waals surface area contributed by atoms with E-state index in [0.29, 0.717) is 19.1 Å². The molecule has 0 saturated heterocycles. The van der Waals surface area contributed by atoms with E-state index in [1.807, 2.05) is 4.68 Å². The lowest BCUT2D eigenvalue weighted by Gasteiger charge is -2.09. The predicted molar refractivity (Wildman–Crippen MR) is 78.5 cm³/mol. The van der Waals surface area contributed by atoms with E-state index in [-0.39, 0.29) is 0 Å². The first kappa shape index (κ1) is 17.1. The van der Waals surface area contributed by atoms with E-state index in [2.05, 4.69) is 29.2 Å². The monoisotopic (exact) mass is 284 g/mol. The van der Waals surface area contributed by atoms with Gasteiger partial charge in [-0.2, -0.15) is 5.10 Å². The first-order chi connectivity index (χ1) is 9.74. The quantitative estimate of drug-likeness (QED) is 0.589. The van der Waals surface area contributed by atoms with E-state index < -0.39 is 0 Å². The molecule has 1 heterocycles. The van der Waals surface area contributed by atoms with Crippen LogP contribution in [0.3, 0.4) is 0 Å². The highest BCUT2D eigenvalue weighted by Gasteiger charge is 2.05. The molecule has 0 amide bonds. The van der Waals surface area contributed by atoms with Crippen molar-refractivity contribution >= 4 is 0 Å². The third-order valence-electron chi connectivity index (χ3n) is 2.84. The first-order valence-corrected chi connectivity index (χ1v) is 7.38. The summed E-state index contributed by atoms with van der Waals surface area (Å²) >= 11 is 0. The highest BCUT2D eigenvalue weighted by Crippen LogP contribution is 2.01. The lowest BCUT2D eigenvalue weighted by Crippen LogP contribution is -2.20. The Hall–Kier alpha value is -0.980. The Bertz CT molecular complexity index is 342. The molecule has 1 aromatic rings. The molecule has 0 atom stereocenters. The molecule has 0 aliphatic carbocycles. The second-order valence-electron chi connectivity index (χ2n) is 5.24. The van der Waals surface area contributed by atoms with Gasteiger partial charge in [0.25, 0.3) is 0 Å². The highest BCUT2D eigenvalue weighted by molar-refractivity contribution is 4.83.